The van der Waals surface area contributed by atoms with Crippen LogP contribution in [-0.4, -0.2) is 22.3 Å². The topological polar surface area (TPSA) is 56.1 Å². The van der Waals surface area contributed by atoms with E-state index in [2.05, 4.69) is 5.32 Å². The summed E-state index contributed by atoms with van der Waals surface area (Å²) in [6.07, 6.45) is 2.93. The van der Waals surface area contributed by atoms with Crippen LogP contribution in [0.25, 0.3) is 16.5 Å². The third-order valence-corrected chi connectivity index (χ3v) is 5.56. The van der Waals surface area contributed by atoms with E-state index in [1.165, 1.54) is 0 Å². The Bertz CT molecular complexity index is 1230. The number of aromatic nitrogens is 2. The largest absolute Gasteiger partial charge is 0.493 e. The Morgan fingerprint density at radius 2 is 1.83 bits per heavy atom. The van der Waals surface area contributed by atoms with E-state index in [0.717, 1.165) is 52.8 Å². The average Bonchev–Trinajstić information content (AvgIpc) is 3.37. The fourth-order valence-electron chi connectivity index (χ4n) is 4.21. The van der Waals surface area contributed by atoms with E-state index in [0.29, 0.717) is 17.9 Å². The highest BCUT2D eigenvalue weighted by Gasteiger charge is 2.26. The van der Waals surface area contributed by atoms with Crippen LogP contribution in [0.15, 0.2) is 66.7 Å². The minimum absolute atomic E-state index is 0.179. The van der Waals surface area contributed by atoms with Crippen molar-refractivity contribution in [3.05, 3.63) is 83.6 Å². The molecule has 150 valence electrons. The summed E-state index contributed by atoms with van der Waals surface area (Å²) in [5, 5.41) is 9.86. The summed E-state index contributed by atoms with van der Waals surface area (Å²) in [7, 11) is 0. The van der Waals surface area contributed by atoms with Gasteiger partial charge in [-0.25, -0.2) is 4.68 Å². The number of hydrogen-bond donors (Lipinski definition) is 1. The summed E-state index contributed by atoms with van der Waals surface area (Å²) in [5.74, 6) is 1.17. The zero-order chi connectivity index (χ0) is 20.5. The molecule has 0 radical (unpaired) electrons. The first-order valence-electron chi connectivity index (χ1n) is 10.4. The van der Waals surface area contributed by atoms with Gasteiger partial charge in [0.25, 0.3) is 5.91 Å². The number of aryl methyl sites for hydroxylation is 1. The zero-order valence-electron chi connectivity index (χ0n) is 16.9. The number of para-hydroxylation sites is 1. The van der Waals surface area contributed by atoms with E-state index in [1.807, 2.05) is 78.3 Å². The predicted molar refractivity (Wildman–Crippen MR) is 119 cm³/mol. The molecule has 1 heterocycles. The number of nitrogens with zero attached hydrogens (tertiary/aromatic N) is 2. The lowest BCUT2D eigenvalue weighted by molar-refractivity contribution is 0.102. The van der Waals surface area contributed by atoms with Crippen molar-refractivity contribution in [2.24, 2.45) is 0 Å². The third kappa shape index (κ3) is 3.12. The molecule has 0 spiro atoms. The lowest BCUT2D eigenvalue weighted by Gasteiger charge is -2.15. The molecule has 5 rings (SSSR count). The van der Waals surface area contributed by atoms with Crippen molar-refractivity contribution in [1.82, 2.24) is 9.78 Å². The van der Waals surface area contributed by atoms with Gasteiger partial charge in [-0.15, -0.1) is 0 Å². The molecule has 0 bridgehead atoms. The first-order chi connectivity index (χ1) is 14.8. The van der Waals surface area contributed by atoms with Crippen molar-refractivity contribution >= 4 is 22.5 Å². The van der Waals surface area contributed by atoms with E-state index in [1.54, 1.807) is 0 Å². The number of rotatable bonds is 5. The molecule has 0 saturated heterocycles. The lowest BCUT2D eigenvalue weighted by atomic mass is 10.0. The van der Waals surface area contributed by atoms with Crippen LogP contribution in [0.1, 0.15) is 35.0 Å². The van der Waals surface area contributed by atoms with Gasteiger partial charge >= 0.3 is 0 Å². The molecule has 0 aliphatic heterocycles. The number of benzene rings is 3. The molecule has 1 aliphatic carbocycles. The highest BCUT2D eigenvalue weighted by atomic mass is 16.5. The minimum Gasteiger partial charge on any atom is -0.493 e. The molecule has 30 heavy (non-hydrogen) atoms. The summed E-state index contributed by atoms with van der Waals surface area (Å²) in [4.78, 5) is 13.6. The maximum Gasteiger partial charge on any atom is 0.261 e. The normalized spacial score (nSPS) is 12.7. The molecule has 1 N–H and O–H groups in total. The van der Waals surface area contributed by atoms with Crippen LogP contribution in [-0.2, 0) is 12.8 Å². The first-order valence-corrected chi connectivity index (χ1v) is 10.4. The summed E-state index contributed by atoms with van der Waals surface area (Å²) >= 11 is 0. The predicted octanol–water partition coefficient (Wildman–Crippen LogP) is 5.17. The molecular formula is C25H23N3O2. The van der Waals surface area contributed by atoms with Crippen molar-refractivity contribution < 1.29 is 9.53 Å². The van der Waals surface area contributed by atoms with Crippen LogP contribution in [0.2, 0.25) is 0 Å². The van der Waals surface area contributed by atoms with Crippen LogP contribution in [0, 0.1) is 0 Å². The SMILES string of the molecule is CCOc1ccc2ccccc2c1C(=O)Nc1c2c(nn1-c1ccccc1)CCC2. The van der Waals surface area contributed by atoms with Crippen LogP contribution in [0.3, 0.4) is 0 Å². The number of hydrogen-bond acceptors (Lipinski definition) is 3. The summed E-state index contributed by atoms with van der Waals surface area (Å²) in [5.41, 5.74) is 3.69. The molecule has 1 aromatic heterocycles. The maximum atomic E-state index is 13.6. The summed E-state index contributed by atoms with van der Waals surface area (Å²) in [6, 6.07) is 21.7. The second-order valence-electron chi connectivity index (χ2n) is 7.42. The first kappa shape index (κ1) is 18.4. The highest BCUT2D eigenvalue weighted by Crippen LogP contribution is 2.33. The lowest BCUT2D eigenvalue weighted by Crippen LogP contribution is -2.18. The van der Waals surface area contributed by atoms with E-state index < -0.39 is 0 Å². The molecule has 3 aromatic carbocycles. The number of amides is 1. The fourth-order valence-corrected chi connectivity index (χ4v) is 4.21. The van der Waals surface area contributed by atoms with Gasteiger partial charge < -0.3 is 10.1 Å². The Labute approximate surface area is 175 Å². The van der Waals surface area contributed by atoms with Gasteiger partial charge in [0, 0.05) is 5.56 Å². The number of ether oxygens (including phenoxy) is 1. The monoisotopic (exact) mass is 397 g/mol. The number of nitrogens with one attached hydrogen (secondary N) is 1. The minimum atomic E-state index is -0.179. The fraction of sp³-hybridized carbons (Fsp3) is 0.200. The van der Waals surface area contributed by atoms with Gasteiger partial charge in [0.1, 0.15) is 11.6 Å². The van der Waals surface area contributed by atoms with Gasteiger partial charge in [0.05, 0.1) is 23.6 Å². The molecule has 1 aliphatic rings. The quantitative estimate of drug-likeness (QED) is 0.506. The second kappa shape index (κ2) is 7.67. The Balaban J connectivity index is 1.61. The molecule has 0 fully saturated rings. The Morgan fingerprint density at radius 1 is 1.03 bits per heavy atom. The van der Waals surface area contributed by atoms with Crippen LogP contribution in [0.5, 0.6) is 5.75 Å². The van der Waals surface area contributed by atoms with Gasteiger partial charge in [-0.1, -0.05) is 48.5 Å². The number of carbonyl (C=O) groups excluding carboxylic acids is 1. The average molecular weight is 397 g/mol. The molecule has 0 saturated carbocycles. The Morgan fingerprint density at radius 3 is 2.67 bits per heavy atom. The number of fused-ring (bicyclic) bond motifs is 2. The molecule has 0 atom stereocenters. The summed E-state index contributed by atoms with van der Waals surface area (Å²) < 4.78 is 7.66. The third-order valence-electron chi connectivity index (χ3n) is 5.56. The summed E-state index contributed by atoms with van der Waals surface area (Å²) in [6.45, 7) is 2.42. The molecule has 5 nitrogen and oxygen atoms in total. The van der Waals surface area contributed by atoms with Crippen molar-refractivity contribution in [1.29, 1.82) is 0 Å². The number of anilines is 1. The van der Waals surface area contributed by atoms with Gasteiger partial charge in [-0.2, -0.15) is 5.10 Å². The Hall–Kier alpha value is -3.60. The van der Waals surface area contributed by atoms with E-state index in [9.17, 15) is 4.79 Å². The molecule has 5 heteroatoms. The van der Waals surface area contributed by atoms with Crippen molar-refractivity contribution in [3.8, 4) is 11.4 Å². The van der Waals surface area contributed by atoms with Gasteiger partial charge in [0.15, 0.2) is 0 Å². The van der Waals surface area contributed by atoms with E-state index in [-0.39, 0.29) is 5.91 Å². The van der Waals surface area contributed by atoms with E-state index in [4.69, 9.17) is 9.84 Å². The molecule has 0 unspecified atom stereocenters. The van der Waals surface area contributed by atoms with Gasteiger partial charge in [-0.3, -0.25) is 4.79 Å². The van der Waals surface area contributed by atoms with Crippen molar-refractivity contribution in [2.45, 2.75) is 26.2 Å². The van der Waals surface area contributed by atoms with E-state index >= 15 is 0 Å². The smallest absolute Gasteiger partial charge is 0.261 e. The zero-order valence-corrected chi connectivity index (χ0v) is 16.9. The van der Waals surface area contributed by atoms with Crippen molar-refractivity contribution in [2.75, 3.05) is 11.9 Å². The highest BCUT2D eigenvalue weighted by molar-refractivity contribution is 6.15. The molecular weight excluding hydrogens is 374 g/mol. The molecule has 1 amide bonds. The number of carbonyl (C=O) groups is 1. The maximum absolute atomic E-state index is 13.6. The van der Waals surface area contributed by atoms with Crippen LogP contribution < -0.4 is 10.1 Å². The van der Waals surface area contributed by atoms with Gasteiger partial charge in [0.2, 0.25) is 0 Å². The van der Waals surface area contributed by atoms with Crippen LogP contribution in [0.4, 0.5) is 5.82 Å². The second-order valence-corrected chi connectivity index (χ2v) is 7.42. The standard InChI is InChI=1S/C25H23N3O2/c1-2-30-22-16-15-17-9-6-7-12-19(17)23(22)25(29)26-24-20-13-8-14-21(20)27-28(24)18-10-4-3-5-11-18/h3-7,9-12,15-16H,2,8,13-14H2,1H3,(H,26,29). The Kier molecular flexibility index (Phi) is 4.71. The van der Waals surface area contributed by atoms with Gasteiger partial charge in [-0.05, 0) is 55.2 Å². The van der Waals surface area contributed by atoms with Crippen molar-refractivity contribution in [3.63, 3.8) is 0 Å². The van der Waals surface area contributed by atoms with Crippen LogP contribution >= 0.6 is 0 Å². The molecule has 4 aromatic rings.